The van der Waals surface area contributed by atoms with Gasteiger partial charge in [0.05, 0.1) is 19.6 Å². The zero-order valence-corrected chi connectivity index (χ0v) is 20.6. The lowest BCUT2D eigenvalue weighted by Gasteiger charge is -2.39. The average molecular weight is 482 g/mol. The lowest BCUT2D eigenvalue weighted by atomic mass is 9.78. The molecule has 3 aliphatic rings. The third kappa shape index (κ3) is 4.54. The van der Waals surface area contributed by atoms with Crippen LogP contribution in [-0.2, 0) is 20.7 Å². The van der Waals surface area contributed by atoms with Crippen molar-refractivity contribution in [3.8, 4) is 0 Å². The summed E-state index contributed by atoms with van der Waals surface area (Å²) in [5.74, 6) is -0.0310. The van der Waals surface area contributed by atoms with Crippen molar-refractivity contribution in [1.82, 2.24) is 25.0 Å². The van der Waals surface area contributed by atoms with Crippen LogP contribution in [0, 0.1) is 12.8 Å². The number of morpholine rings is 1. The number of carbonyl (C=O) groups excluding carboxylic acids is 3. The van der Waals surface area contributed by atoms with E-state index >= 15 is 0 Å². The number of H-pyrrole nitrogens is 1. The molecule has 1 atom stereocenters. The highest BCUT2D eigenvalue weighted by Crippen LogP contribution is 2.34. The molecule has 2 aromatic rings. The number of carbonyl (C=O) groups is 3. The Hall–Kier alpha value is -2.91. The first-order valence-corrected chi connectivity index (χ1v) is 12.6. The number of piperidine rings is 1. The van der Waals surface area contributed by atoms with Crippen molar-refractivity contribution in [3.05, 3.63) is 35.5 Å². The van der Waals surface area contributed by atoms with Gasteiger partial charge in [-0.25, -0.2) is 4.79 Å². The Kier molecular flexibility index (Phi) is 6.55. The molecule has 9 nitrogen and oxygen atoms in total. The molecule has 0 spiro atoms. The van der Waals surface area contributed by atoms with E-state index < -0.39 is 5.54 Å². The summed E-state index contributed by atoms with van der Waals surface area (Å²) in [6.45, 7) is 9.13. The van der Waals surface area contributed by atoms with Crippen LogP contribution in [0.15, 0.2) is 24.3 Å². The minimum absolute atomic E-state index is 0.00575. The van der Waals surface area contributed by atoms with Crippen LogP contribution in [0.5, 0.6) is 0 Å². The van der Waals surface area contributed by atoms with Crippen molar-refractivity contribution in [2.75, 3.05) is 52.5 Å². The summed E-state index contributed by atoms with van der Waals surface area (Å²) in [6.07, 6.45) is 1.75. The molecule has 1 aromatic carbocycles. The minimum Gasteiger partial charge on any atom is -0.379 e. The van der Waals surface area contributed by atoms with Crippen molar-refractivity contribution < 1.29 is 19.1 Å². The lowest BCUT2D eigenvalue weighted by molar-refractivity contribution is -0.135. The van der Waals surface area contributed by atoms with Gasteiger partial charge in [-0.3, -0.25) is 19.4 Å². The normalized spacial score (nSPS) is 24.4. The van der Waals surface area contributed by atoms with Crippen molar-refractivity contribution >= 4 is 28.7 Å². The molecule has 0 aliphatic carbocycles. The monoisotopic (exact) mass is 481 g/mol. The van der Waals surface area contributed by atoms with Crippen LogP contribution in [0.1, 0.15) is 31.0 Å². The number of benzene rings is 1. The van der Waals surface area contributed by atoms with E-state index in [0.29, 0.717) is 58.7 Å². The Bertz CT molecular complexity index is 1120. The number of para-hydroxylation sites is 1. The molecule has 2 N–H and O–H groups in total. The number of nitrogens with zero attached hydrogens (tertiary/aromatic N) is 3. The van der Waals surface area contributed by atoms with Gasteiger partial charge in [-0.15, -0.1) is 0 Å². The van der Waals surface area contributed by atoms with Gasteiger partial charge in [0.1, 0.15) is 5.54 Å². The zero-order valence-electron chi connectivity index (χ0n) is 20.6. The van der Waals surface area contributed by atoms with E-state index in [1.54, 1.807) is 0 Å². The Morgan fingerprint density at radius 2 is 1.80 bits per heavy atom. The van der Waals surface area contributed by atoms with Gasteiger partial charge in [0.2, 0.25) is 5.91 Å². The van der Waals surface area contributed by atoms with Gasteiger partial charge in [0, 0.05) is 55.9 Å². The number of imide groups is 1. The highest BCUT2D eigenvalue weighted by molar-refractivity contribution is 6.07. The quantitative estimate of drug-likeness (QED) is 0.615. The molecule has 0 bridgehead atoms. The fraction of sp³-hybridized carbons (Fsp3) is 0.577. The van der Waals surface area contributed by atoms with Gasteiger partial charge >= 0.3 is 6.03 Å². The first kappa shape index (κ1) is 23.8. The summed E-state index contributed by atoms with van der Waals surface area (Å²) in [4.78, 5) is 48.0. The third-order valence-corrected chi connectivity index (χ3v) is 8.06. The van der Waals surface area contributed by atoms with E-state index in [1.807, 2.05) is 43.0 Å². The molecule has 9 heteroatoms. The predicted octanol–water partition coefficient (Wildman–Crippen LogP) is 1.90. The number of aromatic amines is 1. The molecule has 3 aliphatic heterocycles. The number of ether oxygens (including phenoxy) is 1. The molecule has 4 heterocycles. The van der Waals surface area contributed by atoms with Crippen LogP contribution in [-0.4, -0.2) is 95.6 Å². The maximum absolute atomic E-state index is 13.3. The van der Waals surface area contributed by atoms with Gasteiger partial charge in [0.15, 0.2) is 0 Å². The van der Waals surface area contributed by atoms with Crippen molar-refractivity contribution in [2.45, 2.75) is 38.6 Å². The average Bonchev–Trinajstić information content (AvgIpc) is 3.30. The van der Waals surface area contributed by atoms with Crippen molar-refractivity contribution in [1.29, 1.82) is 0 Å². The molecule has 188 valence electrons. The number of likely N-dealkylation sites (tertiary alicyclic amines) is 1. The van der Waals surface area contributed by atoms with Gasteiger partial charge in [-0.1, -0.05) is 18.2 Å². The number of hydrogen-bond donors (Lipinski definition) is 2. The molecule has 3 fully saturated rings. The Morgan fingerprint density at radius 3 is 2.54 bits per heavy atom. The van der Waals surface area contributed by atoms with Gasteiger partial charge < -0.3 is 19.9 Å². The van der Waals surface area contributed by atoms with Crippen LogP contribution in [0.2, 0.25) is 0 Å². The molecule has 35 heavy (non-hydrogen) atoms. The van der Waals surface area contributed by atoms with Gasteiger partial charge in [-0.05, 0) is 44.2 Å². The first-order chi connectivity index (χ1) is 16.9. The number of hydrogen-bond acceptors (Lipinski definition) is 5. The fourth-order valence-corrected chi connectivity index (χ4v) is 5.79. The van der Waals surface area contributed by atoms with Crippen molar-refractivity contribution in [3.63, 3.8) is 0 Å². The molecule has 0 radical (unpaired) electrons. The Morgan fingerprint density at radius 1 is 1.09 bits per heavy atom. The second-order valence-electron chi connectivity index (χ2n) is 10.1. The number of urea groups is 1. The molecular formula is C26H35N5O4. The molecule has 1 aromatic heterocycles. The topological polar surface area (TPSA) is 98.0 Å². The number of fused-ring (bicyclic) bond motifs is 1. The van der Waals surface area contributed by atoms with E-state index in [-0.39, 0.29) is 23.8 Å². The number of aryl methyl sites for hydroxylation is 1. The minimum atomic E-state index is -0.912. The maximum atomic E-state index is 13.3. The van der Waals surface area contributed by atoms with Gasteiger partial charge in [-0.2, -0.15) is 0 Å². The van der Waals surface area contributed by atoms with Crippen LogP contribution < -0.4 is 5.32 Å². The summed E-state index contributed by atoms with van der Waals surface area (Å²) >= 11 is 0. The zero-order chi connectivity index (χ0) is 24.6. The van der Waals surface area contributed by atoms with Gasteiger partial charge in [0.25, 0.3) is 5.91 Å². The first-order valence-electron chi connectivity index (χ1n) is 12.6. The summed E-state index contributed by atoms with van der Waals surface area (Å²) in [5, 5.41) is 4.08. The summed E-state index contributed by atoms with van der Waals surface area (Å²) in [6, 6.07) is 7.75. The molecule has 5 rings (SSSR count). The fourth-order valence-electron chi connectivity index (χ4n) is 5.79. The number of nitrogens with one attached hydrogen (secondary N) is 2. The molecule has 0 saturated carbocycles. The second-order valence-corrected chi connectivity index (χ2v) is 10.1. The predicted molar refractivity (Wildman–Crippen MR) is 132 cm³/mol. The summed E-state index contributed by atoms with van der Waals surface area (Å²) in [7, 11) is 0. The number of amides is 4. The SMILES string of the molecule is Cc1[nH]c2ccccc2c1CC(=O)N1CCC(C2(C)NC(=O)N(CCN3CCOCC3)C2=O)CC1. The van der Waals surface area contributed by atoms with Crippen molar-refractivity contribution in [2.24, 2.45) is 5.92 Å². The van der Waals surface area contributed by atoms with E-state index in [4.69, 9.17) is 4.74 Å². The van der Waals surface area contributed by atoms with E-state index in [1.165, 1.54) is 4.90 Å². The van der Waals surface area contributed by atoms with E-state index in [2.05, 4.69) is 15.2 Å². The lowest BCUT2D eigenvalue weighted by Crippen LogP contribution is -2.54. The Balaban J connectivity index is 1.18. The highest BCUT2D eigenvalue weighted by atomic mass is 16.5. The van der Waals surface area contributed by atoms with Crippen LogP contribution in [0.3, 0.4) is 0 Å². The smallest absolute Gasteiger partial charge is 0.325 e. The van der Waals surface area contributed by atoms with E-state index in [0.717, 1.165) is 35.2 Å². The van der Waals surface area contributed by atoms with Crippen LogP contribution >= 0.6 is 0 Å². The molecule has 1 unspecified atom stereocenters. The Labute approximate surface area is 205 Å². The second kappa shape index (κ2) is 9.62. The summed E-state index contributed by atoms with van der Waals surface area (Å²) in [5.41, 5.74) is 2.21. The van der Waals surface area contributed by atoms with Crippen LogP contribution in [0.4, 0.5) is 4.79 Å². The number of aromatic nitrogens is 1. The molecule has 4 amide bonds. The molecule has 3 saturated heterocycles. The highest BCUT2D eigenvalue weighted by Gasteiger charge is 2.52. The molecular weight excluding hydrogens is 446 g/mol. The largest absolute Gasteiger partial charge is 0.379 e. The number of rotatable bonds is 6. The summed E-state index contributed by atoms with van der Waals surface area (Å²) < 4.78 is 5.37. The van der Waals surface area contributed by atoms with Crippen LogP contribution in [0.25, 0.3) is 10.9 Å². The van der Waals surface area contributed by atoms with E-state index in [9.17, 15) is 14.4 Å². The maximum Gasteiger partial charge on any atom is 0.325 e. The standard InChI is InChI=1S/C26H35N5O4/c1-18-21(20-5-3-4-6-22(20)27-18)17-23(32)30-9-7-19(8-10-30)26(2)24(33)31(25(34)28-26)12-11-29-13-15-35-16-14-29/h3-6,19,27H,7-17H2,1-2H3,(H,28,34). The third-order valence-electron chi connectivity index (χ3n) is 8.06.